The minimum absolute atomic E-state index is 0.108. The molecule has 0 aliphatic carbocycles. The fourth-order valence-corrected chi connectivity index (χ4v) is 4.37. The van der Waals surface area contributed by atoms with Crippen molar-refractivity contribution in [2.75, 3.05) is 7.11 Å². The highest BCUT2D eigenvalue weighted by Crippen LogP contribution is 2.43. The van der Waals surface area contributed by atoms with Crippen molar-refractivity contribution in [1.82, 2.24) is 4.98 Å². The maximum absolute atomic E-state index is 13.2. The van der Waals surface area contributed by atoms with E-state index in [-0.39, 0.29) is 22.6 Å². The fraction of sp³-hybridized carbons (Fsp3) is 0.125. The third-order valence-corrected chi connectivity index (χ3v) is 6.13. The van der Waals surface area contributed by atoms with Crippen LogP contribution in [0.2, 0.25) is 0 Å². The lowest BCUT2D eigenvalue weighted by Gasteiger charge is -2.15. The Kier molecular flexibility index (Phi) is 6.24. The first-order valence-corrected chi connectivity index (χ1v) is 10.8. The van der Waals surface area contributed by atoms with E-state index in [1.54, 1.807) is 17.8 Å². The quantitative estimate of drug-likeness (QED) is 0.170. The fourth-order valence-electron chi connectivity index (χ4n) is 3.49. The molecule has 0 saturated carbocycles. The van der Waals surface area contributed by atoms with Crippen LogP contribution in [-0.4, -0.2) is 17.0 Å². The first-order valence-electron chi connectivity index (χ1n) is 9.77. The van der Waals surface area contributed by atoms with Crippen molar-refractivity contribution >= 4 is 28.4 Å². The van der Waals surface area contributed by atoms with Gasteiger partial charge < -0.3 is 4.74 Å². The molecule has 33 heavy (non-hydrogen) atoms. The Bertz CT molecular complexity index is 1330. The van der Waals surface area contributed by atoms with Gasteiger partial charge in [-0.2, -0.15) is 13.2 Å². The van der Waals surface area contributed by atoms with Crippen molar-refractivity contribution in [1.29, 1.82) is 0 Å². The number of pyridine rings is 1. The van der Waals surface area contributed by atoms with Crippen LogP contribution in [0.3, 0.4) is 0 Å². The van der Waals surface area contributed by atoms with E-state index in [1.807, 2.05) is 42.5 Å². The van der Waals surface area contributed by atoms with Crippen molar-refractivity contribution in [2.45, 2.75) is 16.8 Å². The normalized spacial score (nSPS) is 11.5. The van der Waals surface area contributed by atoms with E-state index < -0.39 is 16.7 Å². The number of hydrogen-bond donors (Lipinski definition) is 0. The van der Waals surface area contributed by atoms with Crippen molar-refractivity contribution in [3.05, 3.63) is 94.2 Å². The summed E-state index contributed by atoms with van der Waals surface area (Å²) in [6.45, 7) is 0. The lowest BCUT2D eigenvalue weighted by Crippen LogP contribution is -2.05. The Hall–Kier alpha value is -3.59. The molecule has 1 heterocycles. The Morgan fingerprint density at radius 1 is 1.06 bits per heavy atom. The van der Waals surface area contributed by atoms with Gasteiger partial charge in [-0.25, -0.2) is 4.98 Å². The van der Waals surface area contributed by atoms with E-state index in [4.69, 9.17) is 4.74 Å². The van der Waals surface area contributed by atoms with E-state index in [0.29, 0.717) is 10.9 Å². The molecule has 3 aromatic carbocycles. The molecule has 168 valence electrons. The van der Waals surface area contributed by atoms with Crippen molar-refractivity contribution in [2.24, 2.45) is 0 Å². The predicted octanol–water partition coefficient (Wildman–Crippen LogP) is 7.13. The first-order chi connectivity index (χ1) is 15.8. The van der Waals surface area contributed by atoms with Gasteiger partial charge in [0.2, 0.25) is 0 Å². The Labute approximate surface area is 191 Å². The Balaban J connectivity index is 1.81. The summed E-state index contributed by atoms with van der Waals surface area (Å²) in [6, 6.07) is 18.2. The van der Waals surface area contributed by atoms with Gasteiger partial charge >= 0.3 is 6.18 Å². The van der Waals surface area contributed by atoms with Gasteiger partial charge in [-0.1, -0.05) is 36.4 Å². The summed E-state index contributed by atoms with van der Waals surface area (Å²) in [4.78, 5) is 16.3. The van der Waals surface area contributed by atoms with Crippen LogP contribution in [0.1, 0.15) is 11.1 Å². The van der Waals surface area contributed by atoms with Gasteiger partial charge in [0.15, 0.2) is 0 Å². The Morgan fingerprint density at radius 2 is 1.82 bits per heavy atom. The molecule has 0 fully saturated rings. The number of fused-ring (bicyclic) bond motifs is 1. The van der Waals surface area contributed by atoms with E-state index in [0.717, 1.165) is 34.5 Å². The summed E-state index contributed by atoms with van der Waals surface area (Å²) < 4.78 is 44.7. The number of alkyl halides is 3. The molecule has 0 bridgehead atoms. The second-order valence-electron chi connectivity index (χ2n) is 7.14. The second-order valence-corrected chi connectivity index (χ2v) is 8.19. The molecule has 0 radical (unpaired) electrons. The highest BCUT2D eigenvalue weighted by molar-refractivity contribution is 7.98. The van der Waals surface area contributed by atoms with Crippen LogP contribution >= 0.6 is 11.8 Å². The smallest absolute Gasteiger partial charge is 0.416 e. The summed E-state index contributed by atoms with van der Waals surface area (Å²) in [5, 5.41) is 12.2. The lowest BCUT2D eigenvalue weighted by atomic mass is 9.97. The molecule has 5 nitrogen and oxygen atoms in total. The molecule has 9 heteroatoms. The van der Waals surface area contributed by atoms with E-state index >= 15 is 0 Å². The number of aromatic nitrogens is 1. The molecule has 0 unspecified atom stereocenters. The van der Waals surface area contributed by atoms with Gasteiger partial charge in [0.05, 0.1) is 28.7 Å². The summed E-state index contributed by atoms with van der Waals surface area (Å²) in [6.07, 6.45) is -3.44. The number of nitrogens with zero attached hydrogens (tertiary/aromatic N) is 2. The maximum atomic E-state index is 13.2. The second kappa shape index (κ2) is 9.11. The number of nitro groups is 1. The summed E-state index contributed by atoms with van der Waals surface area (Å²) in [7, 11) is 1.23. The van der Waals surface area contributed by atoms with Crippen molar-refractivity contribution in [3.8, 4) is 16.9 Å². The molecular weight excluding hydrogens is 453 g/mol. The van der Waals surface area contributed by atoms with Gasteiger partial charge in [0.1, 0.15) is 11.9 Å². The van der Waals surface area contributed by atoms with E-state index in [2.05, 4.69) is 4.98 Å². The molecular formula is C24H17F3N2O3S. The third kappa shape index (κ3) is 4.78. The summed E-state index contributed by atoms with van der Waals surface area (Å²) in [5.41, 5.74) is 0.781. The van der Waals surface area contributed by atoms with E-state index in [9.17, 15) is 23.3 Å². The van der Waals surface area contributed by atoms with Crippen molar-refractivity contribution < 1.29 is 22.8 Å². The number of ether oxygens (including phenoxy) is 1. The zero-order valence-corrected chi connectivity index (χ0v) is 18.1. The number of rotatable bonds is 6. The van der Waals surface area contributed by atoms with Gasteiger partial charge in [0.25, 0.3) is 5.69 Å². The average molecular weight is 470 g/mol. The molecule has 4 rings (SSSR count). The van der Waals surface area contributed by atoms with Gasteiger partial charge in [0, 0.05) is 21.6 Å². The van der Waals surface area contributed by atoms with Crippen LogP contribution in [0.15, 0.2) is 77.8 Å². The van der Waals surface area contributed by atoms with Crippen LogP contribution in [-0.2, 0) is 11.9 Å². The SMILES string of the molecule is COc1cc(C(F)(F)F)ccc1-c1c([N+](=O)[O-])cnc2cc(SCc3ccccc3)ccc12. The standard InChI is InChI=1S/C24H17F3N2O3S/c1-32-22-11-16(24(25,26)27)7-9-19(22)23-18-10-8-17(33-14-15-5-3-2-4-6-15)12-20(18)28-13-21(23)29(30)31/h2-13H,14H2,1H3. The largest absolute Gasteiger partial charge is 0.496 e. The van der Waals surface area contributed by atoms with Crippen LogP contribution in [0, 0.1) is 10.1 Å². The molecule has 0 saturated heterocycles. The number of thioether (sulfide) groups is 1. The van der Waals surface area contributed by atoms with Crippen LogP contribution < -0.4 is 4.74 Å². The predicted molar refractivity (Wildman–Crippen MR) is 121 cm³/mol. The zero-order valence-electron chi connectivity index (χ0n) is 17.3. The topological polar surface area (TPSA) is 65.3 Å². The minimum Gasteiger partial charge on any atom is -0.496 e. The highest BCUT2D eigenvalue weighted by Gasteiger charge is 2.32. The molecule has 0 N–H and O–H groups in total. The van der Waals surface area contributed by atoms with Crippen LogP contribution in [0.25, 0.3) is 22.0 Å². The van der Waals surface area contributed by atoms with Gasteiger partial charge in [-0.05, 0) is 35.9 Å². The Morgan fingerprint density at radius 3 is 2.48 bits per heavy atom. The monoisotopic (exact) mass is 470 g/mol. The zero-order chi connectivity index (χ0) is 23.6. The highest BCUT2D eigenvalue weighted by atomic mass is 32.2. The lowest BCUT2D eigenvalue weighted by molar-refractivity contribution is -0.384. The van der Waals surface area contributed by atoms with Crippen LogP contribution in [0.4, 0.5) is 18.9 Å². The number of halogens is 3. The summed E-state index contributed by atoms with van der Waals surface area (Å²) in [5.74, 6) is 0.627. The van der Waals surface area contributed by atoms with Gasteiger partial charge in [-0.15, -0.1) is 11.8 Å². The van der Waals surface area contributed by atoms with Crippen LogP contribution in [0.5, 0.6) is 5.75 Å². The van der Waals surface area contributed by atoms with E-state index in [1.165, 1.54) is 13.2 Å². The molecule has 1 aromatic heterocycles. The molecule has 0 spiro atoms. The maximum Gasteiger partial charge on any atom is 0.416 e. The average Bonchev–Trinajstić information content (AvgIpc) is 2.81. The summed E-state index contributed by atoms with van der Waals surface area (Å²) >= 11 is 1.59. The molecule has 0 aliphatic rings. The minimum atomic E-state index is -4.57. The molecule has 0 amide bonds. The number of benzene rings is 3. The molecule has 0 aliphatic heterocycles. The molecule has 0 atom stereocenters. The third-order valence-electron chi connectivity index (χ3n) is 5.06. The number of hydrogen-bond acceptors (Lipinski definition) is 5. The first kappa shape index (κ1) is 22.6. The van der Waals surface area contributed by atoms with Gasteiger partial charge in [-0.3, -0.25) is 10.1 Å². The number of methoxy groups -OCH3 is 1. The molecule has 4 aromatic rings. The van der Waals surface area contributed by atoms with Crippen molar-refractivity contribution in [3.63, 3.8) is 0 Å².